The maximum Gasteiger partial charge on any atom is 0.335 e. The van der Waals surface area contributed by atoms with E-state index in [0.717, 1.165) is 6.92 Å². The summed E-state index contributed by atoms with van der Waals surface area (Å²) < 4.78 is 5.04. The molecule has 2 aromatic carbocycles. The third-order valence-corrected chi connectivity index (χ3v) is 4.02. The molecule has 0 spiro atoms. The molecule has 1 amide bonds. The first-order chi connectivity index (χ1) is 12.7. The molecule has 0 saturated carbocycles. The van der Waals surface area contributed by atoms with Crippen LogP contribution in [0.2, 0.25) is 10.0 Å². The molecule has 0 aliphatic heterocycles. The van der Waals surface area contributed by atoms with Gasteiger partial charge in [-0.25, -0.2) is 4.79 Å². The maximum atomic E-state index is 12.5. The van der Waals surface area contributed by atoms with Gasteiger partial charge in [-0.05, 0) is 36.4 Å². The van der Waals surface area contributed by atoms with Gasteiger partial charge in [0.25, 0.3) is 5.91 Å². The highest BCUT2D eigenvalue weighted by atomic mass is 35.5. The number of carbonyl (C=O) groups excluding carboxylic acids is 2. The van der Waals surface area contributed by atoms with Crippen molar-refractivity contribution in [3.05, 3.63) is 57.6 Å². The molecule has 9 heteroatoms. The van der Waals surface area contributed by atoms with Crippen LogP contribution in [0.1, 0.15) is 22.8 Å². The number of carboxylic acids is 1. The normalized spacial score (nSPS) is 11.5. The lowest BCUT2D eigenvalue weighted by molar-refractivity contribution is -0.151. The van der Waals surface area contributed by atoms with Crippen LogP contribution in [0.3, 0.4) is 0 Å². The number of halogens is 2. The van der Waals surface area contributed by atoms with Crippen LogP contribution in [-0.4, -0.2) is 34.2 Å². The van der Waals surface area contributed by atoms with Gasteiger partial charge >= 0.3 is 11.9 Å². The number of carbonyl (C=O) groups is 3. The molecule has 27 heavy (non-hydrogen) atoms. The fraction of sp³-hybridized carbons (Fsp3) is 0.167. The van der Waals surface area contributed by atoms with Crippen molar-refractivity contribution in [3.8, 4) is 5.75 Å². The van der Waals surface area contributed by atoms with Gasteiger partial charge in [-0.3, -0.25) is 9.59 Å². The zero-order valence-electron chi connectivity index (χ0n) is 14.0. The lowest BCUT2D eigenvalue weighted by Gasteiger charge is -2.18. The standard InChI is InChI=1S/C18H15Cl2NO6/c1-9(22)27-15(7-11-6-12(19)8-14(20)16(11)23)17(24)21-13-4-2-10(3-5-13)18(25)26/h2-6,8,15,23H,7H2,1H3,(H,21,24)(H,25,26). The number of hydrogen-bond acceptors (Lipinski definition) is 5. The van der Waals surface area contributed by atoms with Gasteiger partial charge in [0, 0.05) is 29.6 Å². The molecule has 2 aromatic rings. The molecule has 0 heterocycles. The molecule has 0 radical (unpaired) electrons. The molecule has 142 valence electrons. The molecular weight excluding hydrogens is 397 g/mol. The Morgan fingerprint density at radius 2 is 1.78 bits per heavy atom. The minimum Gasteiger partial charge on any atom is -0.506 e. The van der Waals surface area contributed by atoms with Gasteiger partial charge in [-0.1, -0.05) is 23.2 Å². The second kappa shape index (κ2) is 8.75. The average molecular weight is 412 g/mol. The number of carboxylic acid groups (broad SMARTS) is 1. The first kappa shape index (κ1) is 20.5. The smallest absolute Gasteiger partial charge is 0.335 e. The molecule has 3 N–H and O–H groups in total. The first-order valence-corrected chi connectivity index (χ1v) is 8.41. The number of rotatable bonds is 6. The van der Waals surface area contributed by atoms with Gasteiger partial charge < -0.3 is 20.3 Å². The zero-order valence-corrected chi connectivity index (χ0v) is 15.5. The van der Waals surface area contributed by atoms with Crippen LogP contribution in [0, 0.1) is 0 Å². The van der Waals surface area contributed by atoms with E-state index in [2.05, 4.69) is 5.32 Å². The van der Waals surface area contributed by atoms with Crippen molar-refractivity contribution in [1.29, 1.82) is 0 Å². The fourth-order valence-electron chi connectivity index (χ4n) is 2.28. The Kier molecular flexibility index (Phi) is 6.65. The number of nitrogens with one attached hydrogen (secondary N) is 1. The number of esters is 1. The molecule has 2 rings (SSSR count). The SMILES string of the molecule is CC(=O)OC(Cc1cc(Cl)cc(Cl)c1O)C(=O)Nc1ccc(C(=O)O)cc1. The number of anilines is 1. The van der Waals surface area contributed by atoms with Crippen LogP contribution >= 0.6 is 23.2 Å². The highest BCUT2D eigenvalue weighted by molar-refractivity contribution is 6.35. The average Bonchev–Trinajstić information content (AvgIpc) is 2.58. The van der Waals surface area contributed by atoms with Gasteiger partial charge in [-0.2, -0.15) is 0 Å². The third-order valence-electron chi connectivity index (χ3n) is 3.51. The van der Waals surface area contributed by atoms with E-state index in [1.54, 1.807) is 0 Å². The molecular formula is C18H15Cl2NO6. The van der Waals surface area contributed by atoms with Crippen LogP contribution in [0.25, 0.3) is 0 Å². The van der Waals surface area contributed by atoms with Crippen LogP contribution in [0.4, 0.5) is 5.69 Å². The minimum atomic E-state index is -1.26. The highest BCUT2D eigenvalue weighted by Crippen LogP contribution is 2.32. The summed E-state index contributed by atoms with van der Waals surface area (Å²) in [7, 11) is 0. The Morgan fingerprint density at radius 1 is 1.15 bits per heavy atom. The van der Waals surface area contributed by atoms with E-state index in [1.165, 1.54) is 36.4 Å². The van der Waals surface area contributed by atoms with Crippen molar-refractivity contribution in [2.24, 2.45) is 0 Å². The number of amides is 1. The van der Waals surface area contributed by atoms with Gasteiger partial charge in [0.15, 0.2) is 6.10 Å². The quantitative estimate of drug-likeness (QED) is 0.626. The van der Waals surface area contributed by atoms with Gasteiger partial charge in [0.2, 0.25) is 0 Å². The molecule has 1 unspecified atom stereocenters. The Labute approximate surface area is 164 Å². The van der Waals surface area contributed by atoms with Crippen LogP contribution in [-0.2, 0) is 20.7 Å². The first-order valence-electron chi connectivity index (χ1n) is 7.65. The Bertz CT molecular complexity index is 882. The summed E-state index contributed by atoms with van der Waals surface area (Å²) in [6.45, 7) is 1.15. The second-order valence-corrected chi connectivity index (χ2v) is 6.41. The molecule has 0 fully saturated rings. The van der Waals surface area contributed by atoms with Crippen molar-refractivity contribution >= 4 is 46.7 Å². The molecule has 0 aliphatic carbocycles. The number of benzene rings is 2. The second-order valence-electron chi connectivity index (χ2n) is 5.57. The molecule has 0 aromatic heterocycles. The number of aromatic hydroxyl groups is 1. The topological polar surface area (TPSA) is 113 Å². The predicted octanol–water partition coefficient (Wildman–Crippen LogP) is 3.51. The summed E-state index contributed by atoms with van der Waals surface area (Å²) in [5.74, 6) is -2.72. The van der Waals surface area contributed by atoms with Gasteiger partial charge in [0.05, 0.1) is 10.6 Å². The van der Waals surface area contributed by atoms with Crippen LogP contribution < -0.4 is 5.32 Å². The van der Waals surface area contributed by atoms with E-state index in [0.29, 0.717) is 5.69 Å². The van der Waals surface area contributed by atoms with E-state index in [-0.39, 0.29) is 33.3 Å². The summed E-state index contributed by atoms with van der Waals surface area (Å²) in [6.07, 6.45) is -1.42. The van der Waals surface area contributed by atoms with E-state index in [4.69, 9.17) is 33.0 Å². The maximum absolute atomic E-state index is 12.5. The van der Waals surface area contributed by atoms with Crippen molar-refractivity contribution in [2.45, 2.75) is 19.4 Å². The van der Waals surface area contributed by atoms with Crippen LogP contribution in [0.5, 0.6) is 5.75 Å². The lowest BCUT2D eigenvalue weighted by Crippen LogP contribution is -2.33. The molecule has 0 aliphatic rings. The van der Waals surface area contributed by atoms with E-state index in [1.807, 2.05) is 0 Å². The molecule has 7 nitrogen and oxygen atoms in total. The summed E-state index contributed by atoms with van der Waals surface area (Å²) >= 11 is 11.8. The Hall–Kier alpha value is -2.77. The summed E-state index contributed by atoms with van der Waals surface area (Å²) in [5.41, 5.74) is 0.605. The molecule has 0 bridgehead atoms. The largest absolute Gasteiger partial charge is 0.506 e. The van der Waals surface area contributed by atoms with Gasteiger partial charge in [-0.15, -0.1) is 0 Å². The van der Waals surface area contributed by atoms with Crippen molar-refractivity contribution in [2.75, 3.05) is 5.32 Å². The summed E-state index contributed by atoms with van der Waals surface area (Å²) in [6, 6.07) is 8.20. The Balaban J connectivity index is 2.21. The van der Waals surface area contributed by atoms with E-state index < -0.39 is 23.9 Å². The lowest BCUT2D eigenvalue weighted by atomic mass is 10.1. The number of aromatic carboxylic acids is 1. The zero-order chi connectivity index (χ0) is 20.1. The Morgan fingerprint density at radius 3 is 2.33 bits per heavy atom. The number of ether oxygens (including phenoxy) is 1. The van der Waals surface area contributed by atoms with E-state index in [9.17, 15) is 19.5 Å². The third kappa shape index (κ3) is 5.60. The van der Waals surface area contributed by atoms with Crippen molar-refractivity contribution in [3.63, 3.8) is 0 Å². The summed E-state index contributed by atoms with van der Waals surface area (Å²) in [4.78, 5) is 34.7. The molecule has 1 atom stereocenters. The van der Waals surface area contributed by atoms with Crippen LogP contribution in [0.15, 0.2) is 36.4 Å². The minimum absolute atomic E-state index is 0.00347. The van der Waals surface area contributed by atoms with Crippen molar-refractivity contribution in [1.82, 2.24) is 0 Å². The van der Waals surface area contributed by atoms with E-state index >= 15 is 0 Å². The monoisotopic (exact) mass is 411 g/mol. The number of hydrogen-bond donors (Lipinski definition) is 3. The highest BCUT2D eigenvalue weighted by Gasteiger charge is 2.24. The summed E-state index contributed by atoms with van der Waals surface area (Å²) in [5, 5.41) is 21.7. The van der Waals surface area contributed by atoms with Gasteiger partial charge in [0.1, 0.15) is 5.75 Å². The fourth-order valence-corrected chi connectivity index (χ4v) is 2.82. The number of phenols is 1. The predicted molar refractivity (Wildman–Crippen MR) is 99.4 cm³/mol. The molecule has 0 saturated heterocycles. The number of phenolic OH excluding ortho intramolecular Hbond substituents is 1. The van der Waals surface area contributed by atoms with Crippen molar-refractivity contribution < 1.29 is 29.3 Å².